The third-order valence-corrected chi connectivity index (χ3v) is 5.26. The van der Waals surface area contributed by atoms with E-state index < -0.39 is 35.6 Å². The van der Waals surface area contributed by atoms with Gasteiger partial charge in [-0.2, -0.15) is 27.2 Å². The first-order valence-electron chi connectivity index (χ1n) is 10.3. The molecule has 36 heavy (non-hydrogen) atoms. The Bertz CT molecular complexity index is 1460. The number of benzene rings is 2. The largest absolute Gasteiger partial charge is 0.435 e. The second-order valence-corrected chi connectivity index (χ2v) is 7.66. The number of alkyl halides is 5. The first-order valence-corrected chi connectivity index (χ1v) is 10.3. The van der Waals surface area contributed by atoms with Gasteiger partial charge in [0.15, 0.2) is 5.69 Å². The van der Waals surface area contributed by atoms with Crippen molar-refractivity contribution in [2.24, 2.45) is 7.05 Å². The number of hydrogen-bond acceptors (Lipinski definition) is 5. The van der Waals surface area contributed by atoms with Crippen LogP contribution in [0.4, 0.5) is 33.3 Å². The summed E-state index contributed by atoms with van der Waals surface area (Å²) in [7, 11) is 1.77. The van der Waals surface area contributed by atoms with Crippen LogP contribution in [0, 0.1) is 11.3 Å². The summed E-state index contributed by atoms with van der Waals surface area (Å²) in [6, 6.07) is 12.1. The molecule has 0 spiro atoms. The molecule has 0 unspecified atom stereocenters. The zero-order valence-electron chi connectivity index (χ0n) is 18.5. The maximum absolute atomic E-state index is 13.5. The molecular formula is C24H16F5N5O2. The molecule has 2 aromatic heterocycles. The van der Waals surface area contributed by atoms with Crippen molar-refractivity contribution in [2.45, 2.75) is 19.2 Å². The summed E-state index contributed by atoms with van der Waals surface area (Å²) in [4.78, 5) is 22.2. The number of imidazole rings is 1. The van der Waals surface area contributed by atoms with Crippen molar-refractivity contribution in [3.05, 3.63) is 77.9 Å². The zero-order chi connectivity index (χ0) is 26.0. The molecule has 2 heterocycles. The third-order valence-electron chi connectivity index (χ3n) is 5.26. The third kappa shape index (κ3) is 5.10. The van der Waals surface area contributed by atoms with Crippen LogP contribution in [0.3, 0.4) is 0 Å². The van der Waals surface area contributed by atoms with Gasteiger partial charge >= 0.3 is 12.8 Å². The van der Waals surface area contributed by atoms with Gasteiger partial charge in [-0.1, -0.05) is 6.07 Å². The highest BCUT2D eigenvalue weighted by Gasteiger charge is 2.33. The molecule has 12 heteroatoms. The van der Waals surface area contributed by atoms with Crippen molar-refractivity contribution in [2.75, 3.05) is 4.90 Å². The number of amides is 1. The second kappa shape index (κ2) is 9.61. The van der Waals surface area contributed by atoms with Crippen LogP contribution in [-0.4, -0.2) is 27.1 Å². The molecule has 0 radical (unpaired) electrons. The van der Waals surface area contributed by atoms with Gasteiger partial charge < -0.3 is 9.30 Å². The number of pyridine rings is 1. The van der Waals surface area contributed by atoms with E-state index in [4.69, 9.17) is 0 Å². The van der Waals surface area contributed by atoms with Gasteiger partial charge in [0.05, 0.1) is 35.0 Å². The molecule has 0 aliphatic heterocycles. The second-order valence-electron chi connectivity index (χ2n) is 7.66. The summed E-state index contributed by atoms with van der Waals surface area (Å²) < 4.78 is 71.4. The number of nitriles is 1. The lowest BCUT2D eigenvalue weighted by atomic mass is 10.1. The maximum Gasteiger partial charge on any atom is 0.417 e. The molecule has 0 aliphatic carbocycles. The summed E-state index contributed by atoms with van der Waals surface area (Å²) in [5.41, 5.74) is 0.00179. The molecule has 1 amide bonds. The monoisotopic (exact) mass is 501 g/mol. The van der Waals surface area contributed by atoms with Gasteiger partial charge in [-0.15, -0.1) is 0 Å². The Morgan fingerprint density at radius 2 is 1.86 bits per heavy atom. The fraction of sp³-hybridized carbons (Fsp3) is 0.167. The minimum Gasteiger partial charge on any atom is -0.435 e. The SMILES string of the molecule is Cn1cnc2ccc(CC(=O)N(c3ccc(OC(F)F)cc3)c3cc(C(F)(F)F)cnc3C#N)cc21. The number of anilines is 2. The molecule has 0 aliphatic rings. The number of ether oxygens (including phenoxy) is 1. The quantitative estimate of drug-likeness (QED) is 0.332. The highest BCUT2D eigenvalue weighted by Crippen LogP contribution is 2.36. The van der Waals surface area contributed by atoms with Crippen molar-refractivity contribution >= 4 is 28.3 Å². The molecule has 0 saturated heterocycles. The number of carbonyl (C=O) groups is 1. The normalized spacial score (nSPS) is 11.5. The van der Waals surface area contributed by atoms with Gasteiger partial charge in [-0.25, -0.2) is 9.97 Å². The fourth-order valence-electron chi connectivity index (χ4n) is 3.59. The van der Waals surface area contributed by atoms with E-state index in [1.54, 1.807) is 42.2 Å². The minimum absolute atomic E-state index is 0.0286. The number of aryl methyl sites for hydroxylation is 1. The topological polar surface area (TPSA) is 84.0 Å². The highest BCUT2D eigenvalue weighted by molar-refractivity contribution is 6.02. The number of halogens is 5. The van der Waals surface area contributed by atoms with Gasteiger partial charge in [0, 0.05) is 18.9 Å². The Morgan fingerprint density at radius 1 is 1.14 bits per heavy atom. The number of nitrogens with zero attached hydrogens (tertiary/aromatic N) is 5. The van der Waals surface area contributed by atoms with E-state index in [1.807, 2.05) is 0 Å². The average Bonchev–Trinajstić information content (AvgIpc) is 3.19. The molecule has 0 saturated carbocycles. The number of aromatic nitrogens is 3. The molecular weight excluding hydrogens is 485 g/mol. The van der Waals surface area contributed by atoms with E-state index in [0.717, 1.165) is 22.5 Å². The summed E-state index contributed by atoms with van der Waals surface area (Å²) in [6.07, 6.45) is -2.94. The first kappa shape index (κ1) is 24.6. The Balaban J connectivity index is 1.80. The molecule has 184 valence electrons. The molecule has 0 bridgehead atoms. The lowest BCUT2D eigenvalue weighted by Gasteiger charge is -2.25. The van der Waals surface area contributed by atoms with Crippen molar-refractivity contribution in [3.8, 4) is 11.8 Å². The van der Waals surface area contributed by atoms with E-state index in [-0.39, 0.29) is 17.9 Å². The summed E-state index contributed by atoms with van der Waals surface area (Å²) in [6.45, 7) is -3.09. The van der Waals surface area contributed by atoms with E-state index in [2.05, 4.69) is 14.7 Å². The lowest BCUT2D eigenvalue weighted by molar-refractivity contribution is -0.137. The molecule has 7 nitrogen and oxygen atoms in total. The Hall–Kier alpha value is -4.53. The molecule has 4 aromatic rings. The first-order chi connectivity index (χ1) is 17.1. The van der Waals surface area contributed by atoms with E-state index in [0.29, 0.717) is 23.3 Å². The van der Waals surface area contributed by atoms with Gasteiger partial charge in [0.25, 0.3) is 0 Å². The Morgan fingerprint density at radius 3 is 2.50 bits per heavy atom. The smallest absolute Gasteiger partial charge is 0.417 e. The van der Waals surface area contributed by atoms with Gasteiger partial charge in [0.2, 0.25) is 5.91 Å². The van der Waals surface area contributed by atoms with E-state index in [9.17, 15) is 32.0 Å². The predicted molar refractivity (Wildman–Crippen MR) is 119 cm³/mol. The molecule has 0 atom stereocenters. The Kier molecular flexibility index (Phi) is 6.57. The van der Waals surface area contributed by atoms with Gasteiger partial charge in [0.1, 0.15) is 11.8 Å². The number of fused-ring (bicyclic) bond motifs is 1. The van der Waals surface area contributed by atoms with Crippen molar-refractivity contribution < 1.29 is 31.5 Å². The molecule has 0 N–H and O–H groups in total. The van der Waals surface area contributed by atoms with Crippen molar-refractivity contribution in [1.82, 2.24) is 14.5 Å². The van der Waals surface area contributed by atoms with Crippen LogP contribution in [0.25, 0.3) is 11.0 Å². The minimum atomic E-state index is -4.79. The summed E-state index contributed by atoms with van der Waals surface area (Å²) in [5, 5.41) is 9.50. The van der Waals surface area contributed by atoms with Crippen LogP contribution in [0.1, 0.15) is 16.8 Å². The van der Waals surface area contributed by atoms with Crippen molar-refractivity contribution in [1.29, 1.82) is 5.26 Å². The van der Waals surface area contributed by atoms with E-state index >= 15 is 0 Å². The highest BCUT2D eigenvalue weighted by atomic mass is 19.4. The Labute approximate surface area is 201 Å². The average molecular weight is 501 g/mol. The fourth-order valence-corrected chi connectivity index (χ4v) is 3.59. The predicted octanol–water partition coefficient (Wildman–Crippen LogP) is 5.37. The van der Waals surface area contributed by atoms with E-state index in [1.165, 1.54) is 12.1 Å². The molecule has 4 rings (SSSR count). The van der Waals surface area contributed by atoms with Crippen LogP contribution in [0.2, 0.25) is 0 Å². The molecule has 0 fully saturated rings. The lowest BCUT2D eigenvalue weighted by Crippen LogP contribution is -2.29. The zero-order valence-corrected chi connectivity index (χ0v) is 18.5. The summed E-state index contributed by atoms with van der Waals surface area (Å²) >= 11 is 0. The maximum atomic E-state index is 13.5. The van der Waals surface area contributed by atoms with Crippen LogP contribution < -0.4 is 9.64 Å². The molecule has 2 aromatic carbocycles. The number of carbonyl (C=O) groups excluding carboxylic acids is 1. The summed E-state index contributed by atoms with van der Waals surface area (Å²) in [5.74, 6) is -0.901. The van der Waals surface area contributed by atoms with Crippen LogP contribution in [0.15, 0.2) is 61.1 Å². The van der Waals surface area contributed by atoms with Crippen LogP contribution in [0.5, 0.6) is 5.75 Å². The van der Waals surface area contributed by atoms with Crippen LogP contribution in [-0.2, 0) is 24.4 Å². The van der Waals surface area contributed by atoms with Crippen molar-refractivity contribution in [3.63, 3.8) is 0 Å². The number of hydrogen-bond donors (Lipinski definition) is 0. The van der Waals surface area contributed by atoms with Gasteiger partial charge in [-0.05, 0) is 48.0 Å². The van der Waals surface area contributed by atoms with Gasteiger partial charge in [-0.3, -0.25) is 9.69 Å². The van der Waals surface area contributed by atoms with Crippen LogP contribution >= 0.6 is 0 Å². The standard InChI is InChI=1S/C24H16F5N5O2/c1-33-13-32-18-7-2-14(8-20(18)33)9-22(35)34(16-3-5-17(6-4-16)36-23(25)26)21-10-15(24(27,28)29)12-31-19(21)11-30/h2-8,10,12-13,23H,9H2,1H3. The number of rotatable bonds is 6.